The molecule has 0 heteroatoms. The van der Waals surface area contributed by atoms with E-state index >= 15 is 0 Å². The standard InChI is InChI=1S/C34H26/c1-2-12-23(13-3-1)32(34-30-20-10-8-16-26(30)27-17-9-11-21-31(27)34)22-33-28-18-6-4-14-24(28)25-15-5-7-19-29(25)33/h1-21,32-34H,22H2/t32-/m0/s1. The third kappa shape index (κ3) is 2.92. The molecule has 5 aromatic rings. The second-order valence-corrected chi connectivity index (χ2v) is 9.63. The van der Waals surface area contributed by atoms with Gasteiger partial charge in [-0.05, 0) is 62.4 Å². The summed E-state index contributed by atoms with van der Waals surface area (Å²) in [5, 5.41) is 0. The monoisotopic (exact) mass is 434 g/mol. The van der Waals surface area contributed by atoms with Gasteiger partial charge in [-0.3, -0.25) is 0 Å². The summed E-state index contributed by atoms with van der Waals surface area (Å²) in [7, 11) is 0. The second-order valence-electron chi connectivity index (χ2n) is 9.63. The molecule has 2 aliphatic carbocycles. The number of fused-ring (bicyclic) bond motifs is 6. The largest absolute Gasteiger partial charge is 0.0622 e. The molecule has 0 aromatic heterocycles. The van der Waals surface area contributed by atoms with Gasteiger partial charge in [-0.15, -0.1) is 0 Å². The summed E-state index contributed by atoms with van der Waals surface area (Å²) in [6.07, 6.45) is 1.09. The fourth-order valence-corrected chi connectivity index (χ4v) is 6.56. The van der Waals surface area contributed by atoms with Crippen molar-refractivity contribution in [2.75, 3.05) is 0 Å². The first kappa shape index (κ1) is 19.6. The summed E-state index contributed by atoms with van der Waals surface area (Å²) in [5.74, 6) is 1.14. The topological polar surface area (TPSA) is 0 Å². The Hall–Kier alpha value is -3.90. The third-order valence-corrected chi connectivity index (χ3v) is 7.96. The van der Waals surface area contributed by atoms with Crippen molar-refractivity contribution in [3.05, 3.63) is 155 Å². The van der Waals surface area contributed by atoms with Crippen LogP contribution in [0.5, 0.6) is 0 Å². The first-order valence-corrected chi connectivity index (χ1v) is 12.3. The Morgan fingerprint density at radius 2 is 0.794 bits per heavy atom. The average molecular weight is 435 g/mol. The molecule has 0 fully saturated rings. The van der Waals surface area contributed by atoms with E-state index < -0.39 is 0 Å². The minimum atomic E-state index is 0.356. The van der Waals surface area contributed by atoms with E-state index in [1.165, 1.54) is 50.1 Å². The van der Waals surface area contributed by atoms with Crippen LogP contribution in [-0.2, 0) is 0 Å². The first-order valence-electron chi connectivity index (χ1n) is 12.3. The van der Waals surface area contributed by atoms with Crippen molar-refractivity contribution < 1.29 is 0 Å². The molecule has 2 aliphatic rings. The Bertz CT molecular complexity index is 1400. The quantitative estimate of drug-likeness (QED) is 0.265. The molecule has 0 nitrogen and oxygen atoms in total. The predicted octanol–water partition coefficient (Wildman–Crippen LogP) is 8.79. The van der Waals surface area contributed by atoms with E-state index in [2.05, 4.69) is 127 Å². The summed E-state index contributed by atoms with van der Waals surface area (Å²) in [6.45, 7) is 0. The molecular weight excluding hydrogens is 408 g/mol. The zero-order chi connectivity index (χ0) is 22.5. The van der Waals surface area contributed by atoms with Crippen LogP contribution in [0.15, 0.2) is 127 Å². The van der Waals surface area contributed by atoms with Crippen LogP contribution in [0, 0.1) is 0 Å². The second kappa shape index (κ2) is 7.85. The van der Waals surface area contributed by atoms with Crippen LogP contribution in [0.25, 0.3) is 22.3 Å². The van der Waals surface area contributed by atoms with Crippen molar-refractivity contribution in [2.24, 2.45) is 0 Å². The van der Waals surface area contributed by atoms with Gasteiger partial charge in [0.2, 0.25) is 0 Å². The maximum Gasteiger partial charge on any atom is 0.0171 e. The highest BCUT2D eigenvalue weighted by Crippen LogP contribution is 2.56. The Balaban J connectivity index is 1.41. The Morgan fingerprint density at radius 1 is 0.412 bits per heavy atom. The van der Waals surface area contributed by atoms with Crippen molar-refractivity contribution >= 4 is 0 Å². The summed E-state index contributed by atoms with van der Waals surface area (Å²) < 4.78 is 0. The molecular formula is C34H26. The molecule has 0 heterocycles. The summed E-state index contributed by atoms with van der Waals surface area (Å²) in [6, 6.07) is 47.3. The van der Waals surface area contributed by atoms with Gasteiger partial charge in [0.1, 0.15) is 0 Å². The van der Waals surface area contributed by atoms with Gasteiger partial charge in [-0.1, -0.05) is 127 Å². The van der Waals surface area contributed by atoms with Gasteiger partial charge in [-0.25, -0.2) is 0 Å². The van der Waals surface area contributed by atoms with E-state index in [1.807, 2.05) is 0 Å². The fraction of sp³-hybridized carbons (Fsp3) is 0.118. The van der Waals surface area contributed by atoms with Crippen molar-refractivity contribution in [2.45, 2.75) is 24.2 Å². The molecule has 162 valence electrons. The molecule has 0 bridgehead atoms. The van der Waals surface area contributed by atoms with Crippen molar-refractivity contribution in [3.8, 4) is 22.3 Å². The zero-order valence-electron chi connectivity index (χ0n) is 19.1. The molecule has 0 unspecified atom stereocenters. The van der Waals surface area contributed by atoms with E-state index in [-0.39, 0.29) is 0 Å². The van der Waals surface area contributed by atoms with E-state index in [9.17, 15) is 0 Å². The lowest BCUT2D eigenvalue weighted by Gasteiger charge is -2.29. The number of benzene rings is 5. The van der Waals surface area contributed by atoms with Gasteiger partial charge in [0.05, 0.1) is 0 Å². The predicted molar refractivity (Wildman–Crippen MR) is 141 cm³/mol. The minimum absolute atomic E-state index is 0.356. The molecule has 0 aliphatic heterocycles. The lowest BCUT2D eigenvalue weighted by molar-refractivity contribution is 0.535. The lowest BCUT2D eigenvalue weighted by Crippen LogP contribution is -2.14. The van der Waals surface area contributed by atoms with Gasteiger partial charge in [0.15, 0.2) is 0 Å². The highest BCUT2D eigenvalue weighted by Gasteiger charge is 2.38. The molecule has 0 radical (unpaired) electrons. The Labute approximate surface area is 201 Å². The van der Waals surface area contributed by atoms with Crippen LogP contribution in [0.4, 0.5) is 0 Å². The van der Waals surface area contributed by atoms with Gasteiger partial charge >= 0.3 is 0 Å². The third-order valence-electron chi connectivity index (χ3n) is 7.96. The summed E-state index contributed by atoms with van der Waals surface area (Å²) in [4.78, 5) is 0. The molecule has 0 saturated carbocycles. The normalized spacial score (nSPS) is 14.8. The highest BCUT2D eigenvalue weighted by atomic mass is 14.4. The molecule has 5 aromatic carbocycles. The van der Waals surface area contributed by atoms with Crippen LogP contribution >= 0.6 is 0 Å². The summed E-state index contributed by atoms with van der Waals surface area (Å²) >= 11 is 0. The van der Waals surface area contributed by atoms with Gasteiger partial charge in [0.25, 0.3) is 0 Å². The molecule has 0 N–H and O–H groups in total. The van der Waals surface area contributed by atoms with Crippen LogP contribution in [0.2, 0.25) is 0 Å². The molecule has 0 saturated heterocycles. The lowest BCUT2D eigenvalue weighted by atomic mass is 9.73. The number of rotatable bonds is 4. The SMILES string of the molecule is c1ccc([C@H](CC2c3ccccc3-c3ccccc32)C2c3ccccc3-c3ccccc32)cc1. The molecule has 0 spiro atoms. The van der Waals surface area contributed by atoms with Gasteiger partial charge in [-0.2, -0.15) is 0 Å². The van der Waals surface area contributed by atoms with Crippen LogP contribution in [0.3, 0.4) is 0 Å². The molecule has 1 atom stereocenters. The Kier molecular flexibility index (Phi) is 4.52. The van der Waals surface area contributed by atoms with Crippen LogP contribution in [-0.4, -0.2) is 0 Å². The van der Waals surface area contributed by atoms with Gasteiger partial charge < -0.3 is 0 Å². The number of hydrogen-bond donors (Lipinski definition) is 0. The maximum atomic E-state index is 2.35. The zero-order valence-corrected chi connectivity index (χ0v) is 19.1. The fourth-order valence-electron chi connectivity index (χ4n) is 6.56. The Morgan fingerprint density at radius 3 is 1.29 bits per heavy atom. The summed E-state index contributed by atoms with van der Waals surface area (Å²) in [5.41, 5.74) is 12.9. The van der Waals surface area contributed by atoms with Gasteiger partial charge in [0, 0.05) is 11.8 Å². The molecule has 7 rings (SSSR count). The first-order chi connectivity index (χ1) is 16.9. The van der Waals surface area contributed by atoms with Crippen molar-refractivity contribution in [3.63, 3.8) is 0 Å². The minimum Gasteiger partial charge on any atom is -0.0622 e. The van der Waals surface area contributed by atoms with Crippen LogP contribution in [0.1, 0.15) is 52.0 Å². The smallest absolute Gasteiger partial charge is 0.0171 e. The van der Waals surface area contributed by atoms with Crippen molar-refractivity contribution in [1.29, 1.82) is 0 Å². The number of hydrogen-bond acceptors (Lipinski definition) is 0. The van der Waals surface area contributed by atoms with E-state index in [0.717, 1.165) is 6.42 Å². The molecule has 0 amide bonds. The maximum absolute atomic E-state index is 2.35. The average Bonchev–Trinajstić information content (AvgIpc) is 3.41. The van der Waals surface area contributed by atoms with E-state index in [1.54, 1.807) is 0 Å². The van der Waals surface area contributed by atoms with E-state index in [0.29, 0.717) is 17.8 Å². The van der Waals surface area contributed by atoms with E-state index in [4.69, 9.17) is 0 Å². The molecule has 34 heavy (non-hydrogen) atoms. The van der Waals surface area contributed by atoms with Crippen LogP contribution < -0.4 is 0 Å². The van der Waals surface area contributed by atoms with Crippen molar-refractivity contribution in [1.82, 2.24) is 0 Å². The highest BCUT2D eigenvalue weighted by molar-refractivity contribution is 5.80.